The number of anilines is 2. The first-order valence-corrected chi connectivity index (χ1v) is 13.8. The zero-order valence-electron chi connectivity index (χ0n) is 24.0. The minimum absolute atomic E-state index is 0.149. The molecule has 4 rings (SSSR count). The second-order valence-electron chi connectivity index (χ2n) is 10.8. The van der Waals surface area contributed by atoms with Gasteiger partial charge >= 0.3 is 12.2 Å². The van der Waals surface area contributed by atoms with E-state index in [9.17, 15) is 32.3 Å². The molecule has 0 radical (unpaired) electrons. The molecule has 0 aliphatic carbocycles. The van der Waals surface area contributed by atoms with Crippen LogP contribution in [0.3, 0.4) is 0 Å². The highest BCUT2D eigenvalue weighted by atomic mass is 19.4. The van der Waals surface area contributed by atoms with E-state index in [4.69, 9.17) is 4.74 Å². The fraction of sp³-hybridized carbons (Fsp3) is 0.355. The van der Waals surface area contributed by atoms with E-state index < -0.39 is 35.7 Å². The molecule has 230 valence electrons. The van der Waals surface area contributed by atoms with Crippen LogP contribution in [0.15, 0.2) is 66.7 Å². The smallest absolute Gasteiger partial charge is 0.416 e. The molecule has 0 saturated carbocycles. The van der Waals surface area contributed by atoms with E-state index in [0.717, 1.165) is 12.1 Å². The van der Waals surface area contributed by atoms with E-state index in [0.29, 0.717) is 24.3 Å². The number of hydrogen-bond donors (Lipinski definition) is 3. The Bertz CT molecular complexity index is 1420. The number of para-hydroxylation sites is 1. The minimum atomic E-state index is -4.42. The monoisotopic (exact) mass is 602 g/mol. The zero-order chi connectivity index (χ0) is 31.3. The Balaban J connectivity index is 1.59. The lowest BCUT2D eigenvalue weighted by Crippen LogP contribution is -2.49. The van der Waals surface area contributed by atoms with Crippen LogP contribution in [0.5, 0.6) is 5.75 Å². The van der Waals surface area contributed by atoms with Crippen molar-refractivity contribution in [2.75, 3.05) is 37.4 Å². The first-order chi connectivity index (χ1) is 20.3. The molecule has 1 aliphatic heterocycles. The van der Waals surface area contributed by atoms with Crippen molar-refractivity contribution in [3.63, 3.8) is 0 Å². The highest BCUT2D eigenvalue weighted by molar-refractivity contribution is 6.04. The zero-order valence-corrected chi connectivity index (χ0v) is 24.0. The summed E-state index contributed by atoms with van der Waals surface area (Å²) in [5.74, 6) is -0.909. The molecule has 3 aromatic carbocycles. The van der Waals surface area contributed by atoms with Gasteiger partial charge in [-0.3, -0.25) is 9.69 Å². The highest BCUT2D eigenvalue weighted by Gasteiger charge is 2.35. The third kappa shape index (κ3) is 8.02. The number of carbonyl (C=O) groups is 2. The molecular formula is C31H34F4N4O4. The van der Waals surface area contributed by atoms with Crippen molar-refractivity contribution in [2.24, 2.45) is 5.92 Å². The Morgan fingerprint density at radius 2 is 1.77 bits per heavy atom. The lowest BCUT2D eigenvalue weighted by Gasteiger charge is -2.38. The number of hydrogen-bond acceptors (Lipinski definition) is 5. The van der Waals surface area contributed by atoms with Crippen molar-refractivity contribution in [1.29, 1.82) is 0 Å². The van der Waals surface area contributed by atoms with Gasteiger partial charge in [0.25, 0.3) is 5.91 Å². The number of nitrogens with zero attached hydrogens (tertiary/aromatic N) is 2. The number of alkyl halides is 3. The number of aliphatic hydroxyl groups excluding tert-OH is 1. The fourth-order valence-electron chi connectivity index (χ4n) is 4.86. The van der Waals surface area contributed by atoms with Gasteiger partial charge in [0.1, 0.15) is 11.9 Å². The van der Waals surface area contributed by atoms with Crippen molar-refractivity contribution in [3.05, 3.63) is 89.2 Å². The number of amides is 3. The van der Waals surface area contributed by atoms with E-state index in [2.05, 4.69) is 10.6 Å². The molecule has 1 aliphatic rings. The van der Waals surface area contributed by atoms with Crippen LogP contribution in [-0.4, -0.2) is 65.7 Å². The van der Waals surface area contributed by atoms with Gasteiger partial charge in [-0.05, 0) is 68.1 Å². The summed E-state index contributed by atoms with van der Waals surface area (Å²) in [5.41, 5.74) is 0.737. The van der Waals surface area contributed by atoms with Crippen LogP contribution in [-0.2, 0) is 12.7 Å². The molecule has 0 fully saturated rings. The highest BCUT2D eigenvalue weighted by Crippen LogP contribution is 2.35. The summed E-state index contributed by atoms with van der Waals surface area (Å²) in [6, 6.07) is 13.8. The number of ether oxygens (including phenoxy) is 1. The number of rotatable bonds is 8. The van der Waals surface area contributed by atoms with Crippen molar-refractivity contribution in [3.8, 4) is 5.75 Å². The first kappa shape index (κ1) is 31.8. The fourth-order valence-corrected chi connectivity index (χ4v) is 4.86. The van der Waals surface area contributed by atoms with E-state index in [-0.39, 0.29) is 42.0 Å². The van der Waals surface area contributed by atoms with Crippen LogP contribution in [0.1, 0.15) is 35.3 Å². The Labute approximate surface area is 247 Å². The Morgan fingerprint density at radius 1 is 1.09 bits per heavy atom. The van der Waals surface area contributed by atoms with Crippen LogP contribution in [0, 0.1) is 11.7 Å². The topological polar surface area (TPSA) is 94.1 Å². The second kappa shape index (κ2) is 13.4. The maximum Gasteiger partial charge on any atom is 0.416 e. The van der Waals surface area contributed by atoms with Crippen LogP contribution in [0.2, 0.25) is 0 Å². The number of fused-ring (bicyclic) bond motifs is 1. The molecule has 0 spiro atoms. The lowest BCUT2D eigenvalue weighted by atomic mass is 9.98. The summed E-state index contributed by atoms with van der Waals surface area (Å²) < 4.78 is 58.7. The standard InChI is InChI=1S/C31H34F4N4O4/c1-19-15-39(20(2)18-40)29(41)25-5-4-6-26(37-30(42)36-24-13-11-23(32)12-14-24)28(25)43-27(19)17-38(3)16-21-7-9-22(10-8-21)31(33,34)35/h4-14,19-20,27,40H,15-18H2,1-3H3,(H2,36,37,42)/t19-,20+,27+/m1/s1. The van der Waals surface area contributed by atoms with Crippen LogP contribution in [0.4, 0.5) is 33.7 Å². The average Bonchev–Trinajstić information content (AvgIpc) is 2.95. The molecule has 3 amide bonds. The van der Waals surface area contributed by atoms with E-state index in [1.165, 1.54) is 36.4 Å². The minimum Gasteiger partial charge on any atom is -0.486 e. The molecule has 3 aromatic rings. The number of carbonyl (C=O) groups excluding carboxylic acids is 2. The van der Waals surface area contributed by atoms with Gasteiger partial charge in [0.15, 0.2) is 5.75 Å². The van der Waals surface area contributed by atoms with Crippen LogP contribution in [0.25, 0.3) is 0 Å². The molecule has 0 bridgehead atoms. The molecule has 0 unspecified atom stereocenters. The van der Waals surface area contributed by atoms with Gasteiger partial charge in [0.05, 0.1) is 29.5 Å². The average molecular weight is 603 g/mol. The summed E-state index contributed by atoms with van der Waals surface area (Å²) in [6.45, 7) is 4.34. The number of halogens is 4. The number of nitrogens with one attached hydrogen (secondary N) is 2. The third-order valence-corrected chi connectivity index (χ3v) is 7.27. The Kier molecular flexibility index (Phi) is 9.92. The first-order valence-electron chi connectivity index (χ1n) is 13.8. The molecular weight excluding hydrogens is 568 g/mol. The predicted octanol–water partition coefficient (Wildman–Crippen LogP) is 5.84. The third-order valence-electron chi connectivity index (χ3n) is 7.27. The number of urea groups is 1. The SMILES string of the molecule is C[C@@H]1CN([C@@H](C)CO)C(=O)c2cccc(NC(=O)Nc3ccc(F)cc3)c2O[C@H]1CN(C)Cc1ccc(C(F)(F)F)cc1. The van der Waals surface area contributed by atoms with E-state index >= 15 is 0 Å². The number of likely N-dealkylation sites (N-methyl/N-ethyl adjacent to an activating group) is 1. The molecule has 12 heteroatoms. The van der Waals surface area contributed by atoms with Gasteiger partial charge in [-0.2, -0.15) is 13.2 Å². The van der Waals surface area contributed by atoms with Crippen LogP contribution < -0.4 is 15.4 Å². The Morgan fingerprint density at radius 3 is 2.40 bits per heavy atom. The van der Waals surface area contributed by atoms with Crippen molar-refractivity contribution in [1.82, 2.24) is 9.80 Å². The summed E-state index contributed by atoms with van der Waals surface area (Å²) in [5, 5.41) is 15.2. The normalized spacial score (nSPS) is 17.9. The largest absolute Gasteiger partial charge is 0.486 e. The van der Waals surface area contributed by atoms with Crippen LogP contribution >= 0.6 is 0 Å². The molecule has 1 heterocycles. The number of aliphatic hydroxyl groups is 1. The molecule has 43 heavy (non-hydrogen) atoms. The summed E-state index contributed by atoms with van der Waals surface area (Å²) in [6.07, 6.45) is -4.93. The molecule has 3 N–H and O–H groups in total. The van der Waals surface area contributed by atoms with Gasteiger partial charge in [-0.1, -0.05) is 25.1 Å². The van der Waals surface area contributed by atoms with Gasteiger partial charge in [-0.25, -0.2) is 9.18 Å². The Hall–Kier alpha value is -4.16. The summed E-state index contributed by atoms with van der Waals surface area (Å²) >= 11 is 0. The molecule has 0 saturated heterocycles. The summed E-state index contributed by atoms with van der Waals surface area (Å²) in [4.78, 5) is 30.0. The predicted molar refractivity (Wildman–Crippen MR) is 154 cm³/mol. The molecule has 0 aromatic heterocycles. The van der Waals surface area contributed by atoms with Gasteiger partial charge in [-0.15, -0.1) is 0 Å². The van der Waals surface area contributed by atoms with E-state index in [1.807, 2.05) is 18.9 Å². The van der Waals surface area contributed by atoms with Crippen molar-refractivity contribution < 1.29 is 37.0 Å². The number of benzene rings is 3. The van der Waals surface area contributed by atoms with E-state index in [1.54, 1.807) is 30.0 Å². The maximum absolute atomic E-state index is 13.6. The second-order valence-corrected chi connectivity index (χ2v) is 10.8. The quantitative estimate of drug-likeness (QED) is 0.282. The molecule has 3 atom stereocenters. The van der Waals surface area contributed by atoms with Gasteiger partial charge in [0.2, 0.25) is 0 Å². The van der Waals surface area contributed by atoms with Gasteiger partial charge in [0, 0.05) is 31.2 Å². The van der Waals surface area contributed by atoms with Crippen molar-refractivity contribution >= 4 is 23.3 Å². The maximum atomic E-state index is 13.6. The summed E-state index contributed by atoms with van der Waals surface area (Å²) in [7, 11) is 1.81. The van der Waals surface area contributed by atoms with Crippen molar-refractivity contribution in [2.45, 2.75) is 38.7 Å². The van der Waals surface area contributed by atoms with Gasteiger partial charge < -0.3 is 25.4 Å². The molecule has 8 nitrogen and oxygen atoms in total. The lowest BCUT2D eigenvalue weighted by molar-refractivity contribution is -0.137.